The first kappa shape index (κ1) is 23.1. The fourth-order valence-electron chi connectivity index (χ4n) is 3.60. The molecule has 34 heavy (non-hydrogen) atoms. The highest BCUT2D eigenvalue weighted by molar-refractivity contribution is 6.07. The molecule has 3 aromatic heterocycles. The van der Waals surface area contributed by atoms with Gasteiger partial charge in [0.2, 0.25) is 5.95 Å². The number of aryl methyl sites for hydroxylation is 1. The highest BCUT2D eigenvalue weighted by Gasteiger charge is 2.23. The summed E-state index contributed by atoms with van der Waals surface area (Å²) in [7, 11) is 0. The summed E-state index contributed by atoms with van der Waals surface area (Å²) in [6.07, 6.45) is 7.68. The molecule has 0 saturated heterocycles. The molecule has 0 radical (unpaired) electrons. The lowest BCUT2D eigenvalue weighted by molar-refractivity contribution is 0.0951. The number of benzene rings is 1. The number of nitrogens with one attached hydrogen (secondary N) is 2. The third kappa shape index (κ3) is 4.96. The second kappa shape index (κ2) is 9.43. The molecule has 1 aromatic carbocycles. The SMILES string of the molecule is CCc1ccc(C(=O)Nc2ncc3c(C(=O)NCc4cccnc4)cn(C(C)(C)C)c3n2)cc1. The zero-order valence-corrected chi connectivity index (χ0v) is 19.8. The first-order valence-corrected chi connectivity index (χ1v) is 11.2. The molecule has 8 heteroatoms. The molecule has 174 valence electrons. The number of carbonyl (C=O) groups is 2. The van der Waals surface area contributed by atoms with E-state index in [0.29, 0.717) is 28.7 Å². The van der Waals surface area contributed by atoms with Crippen LogP contribution in [-0.4, -0.2) is 31.3 Å². The van der Waals surface area contributed by atoms with Crippen molar-refractivity contribution < 1.29 is 9.59 Å². The quantitative estimate of drug-likeness (QED) is 0.450. The van der Waals surface area contributed by atoms with E-state index in [4.69, 9.17) is 0 Å². The molecular weight excluding hydrogens is 428 g/mol. The van der Waals surface area contributed by atoms with Crippen molar-refractivity contribution in [1.29, 1.82) is 0 Å². The normalized spacial score (nSPS) is 11.4. The zero-order valence-electron chi connectivity index (χ0n) is 19.8. The summed E-state index contributed by atoms with van der Waals surface area (Å²) in [5.41, 5.74) is 3.30. The maximum Gasteiger partial charge on any atom is 0.258 e. The van der Waals surface area contributed by atoms with Crippen molar-refractivity contribution in [2.75, 3.05) is 5.32 Å². The van der Waals surface area contributed by atoms with Crippen LogP contribution in [-0.2, 0) is 18.5 Å². The second-order valence-corrected chi connectivity index (χ2v) is 9.06. The molecule has 0 aliphatic rings. The van der Waals surface area contributed by atoms with E-state index in [9.17, 15) is 9.59 Å². The molecule has 2 amide bonds. The number of hydrogen-bond acceptors (Lipinski definition) is 5. The van der Waals surface area contributed by atoms with E-state index in [2.05, 4.69) is 32.5 Å². The number of rotatable bonds is 6. The predicted molar refractivity (Wildman–Crippen MR) is 132 cm³/mol. The lowest BCUT2D eigenvalue weighted by Gasteiger charge is -2.22. The molecule has 2 N–H and O–H groups in total. The molecular formula is C26H28N6O2. The second-order valence-electron chi connectivity index (χ2n) is 9.06. The number of anilines is 1. The topological polar surface area (TPSA) is 102 Å². The Labute approximate surface area is 198 Å². The minimum absolute atomic E-state index is 0.183. The van der Waals surface area contributed by atoms with Crippen molar-refractivity contribution in [3.63, 3.8) is 0 Å². The van der Waals surface area contributed by atoms with Crippen LogP contribution in [0.15, 0.2) is 61.2 Å². The highest BCUT2D eigenvalue weighted by Crippen LogP contribution is 2.27. The molecule has 0 bridgehead atoms. The van der Waals surface area contributed by atoms with Gasteiger partial charge in [-0.15, -0.1) is 0 Å². The summed E-state index contributed by atoms with van der Waals surface area (Å²) in [5, 5.41) is 6.32. The molecule has 0 aliphatic heterocycles. The first-order chi connectivity index (χ1) is 16.3. The van der Waals surface area contributed by atoms with Gasteiger partial charge in [-0.3, -0.25) is 19.9 Å². The van der Waals surface area contributed by atoms with Crippen LogP contribution in [0, 0.1) is 0 Å². The molecule has 0 unspecified atom stereocenters. The number of carbonyl (C=O) groups excluding carboxylic acids is 2. The summed E-state index contributed by atoms with van der Waals surface area (Å²) < 4.78 is 1.93. The van der Waals surface area contributed by atoms with Crippen LogP contribution < -0.4 is 10.6 Å². The summed E-state index contributed by atoms with van der Waals surface area (Å²) in [4.78, 5) is 38.7. The van der Waals surface area contributed by atoms with Gasteiger partial charge in [-0.05, 0) is 56.5 Å². The smallest absolute Gasteiger partial charge is 0.258 e. The Morgan fingerprint density at radius 1 is 1.00 bits per heavy atom. The van der Waals surface area contributed by atoms with Crippen LogP contribution in [0.3, 0.4) is 0 Å². The van der Waals surface area contributed by atoms with Crippen molar-refractivity contribution in [3.8, 4) is 0 Å². The predicted octanol–water partition coefficient (Wildman–Crippen LogP) is 4.33. The molecule has 8 nitrogen and oxygen atoms in total. The van der Waals surface area contributed by atoms with Gasteiger partial charge in [0.05, 0.1) is 10.9 Å². The van der Waals surface area contributed by atoms with Crippen molar-refractivity contribution in [2.45, 2.75) is 46.2 Å². The summed E-state index contributed by atoms with van der Waals surface area (Å²) in [6, 6.07) is 11.2. The highest BCUT2D eigenvalue weighted by atomic mass is 16.2. The molecule has 0 fully saturated rings. The number of aromatic nitrogens is 4. The Hall–Kier alpha value is -4.07. The van der Waals surface area contributed by atoms with Crippen LogP contribution in [0.1, 0.15) is 59.5 Å². The molecule has 0 spiro atoms. The molecule has 0 atom stereocenters. The number of nitrogens with zero attached hydrogens (tertiary/aromatic N) is 4. The standard InChI is InChI=1S/C26H28N6O2/c1-5-17-8-10-19(11-9-17)23(33)31-25-29-15-20-21(16-32(22(20)30-25)26(2,3)4)24(34)28-14-18-7-6-12-27-13-18/h6-13,15-16H,5,14H2,1-4H3,(H,28,34)(H,29,30,31,33). The van der Waals surface area contributed by atoms with Crippen LogP contribution in [0.25, 0.3) is 11.0 Å². The third-order valence-corrected chi connectivity index (χ3v) is 5.54. The van der Waals surface area contributed by atoms with Crippen LogP contribution in [0.5, 0.6) is 0 Å². The van der Waals surface area contributed by atoms with Crippen molar-refractivity contribution >= 4 is 28.8 Å². The van der Waals surface area contributed by atoms with Gasteiger partial charge in [-0.1, -0.05) is 25.1 Å². The van der Waals surface area contributed by atoms with Crippen LogP contribution >= 0.6 is 0 Å². The van der Waals surface area contributed by atoms with Crippen molar-refractivity contribution in [1.82, 2.24) is 24.8 Å². The van der Waals surface area contributed by atoms with Gasteiger partial charge >= 0.3 is 0 Å². The van der Waals surface area contributed by atoms with Gasteiger partial charge in [0.25, 0.3) is 11.8 Å². The monoisotopic (exact) mass is 456 g/mol. The van der Waals surface area contributed by atoms with E-state index in [1.165, 1.54) is 0 Å². The largest absolute Gasteiger partial charge is 0.348 e. The van der Waals surface area contributed by atoms with Crippen molar-refractivity contribution in [2.24, 2.45) is 0 Å². The third-order valence-electron chi connectivity index (χ3n) is 5.54. The average molecular weight is 457 g/mol. The Bertz CT molecular complexity index is 1320. The lowest BCUT2D eigenvalue weighted by Crippen LogP contribution is -2.23. The molecule has 3 heterocycles. The summed E-state index contributed by atoms with van der Waals surface area (Å²) in [6.45, 7) is 8.51. The van der Waals surface area contributed by atoms with E-state index < -0.39 is 0 Å². The Morgan fingerprint density at radius 3 is 2.41 bits per heavy atom. The van der Waals surface area contributed by atoms with Gasteiger partial charge in [0.1, 0.15) is 5.65 Å². The number of hydrogen-bond donors (Lipinski definition) is 2. The van der Waals surface area contributed by atoms with Gasteiger partial charge in [-0.25, -0.2) is 4.98 Å². The Balaban J connectivity index is 1.62. The summed E-state index contributed by atoms with van der Waals surface area (Å²) >= 11 is 0. The number of fused-ring (bicyclic) bond motifs is 1. The maximum absolute atomic E-state index is 13.0. The van der Waals surface area contributed by atoms with E-state index in [1.54, 1.807) is 36.9 Å². The van der Waals surface area contributed by atoms with E-state index >= 15 is 0 Å². The molecule has 4 rings (SSSR count). The van der Waals surface area contributed by atoms with Crippen molar-refractivity contribution in [3.05, 3.63) is 83.4 Å². The lowest BCUT2D eigenvalue weighted by atomic mass is 10.1. The number of pyridine rings is 1. The summed E-state index contributed by atoms with van der Waals surface area (Å²) in [5.74, 6) is -0.332. The molecule has 4 aromatic rings. The minimum Gasteiger partial charge on any atom is -0.348 e. The zero-order chi connectivity index (χ0) is 24.3. The minimum atomic E-state index is -0.342. The van der Waals surface area contributed by atoms with Gasteiger partial charge in [-0.2, -0.15) is 4.98 Å². The molecule has 0 aliphatic carbocycles. The number of amides is 2. The van der Waals surface area contributed by atoms with E-state index in [0.717, 1.165) is 17.5 Å². The average Bonchev–Trinajstić information content (AvgIpc) is 3.23. The van der Waals surface area contributed by atoms with E-state index in [1.807, 2.05) is 49.6 Å². The van der Waals surface area contributed by atoms with Crippen LogP contribution in [0.2, 0.25) is 0 Å². The van der Waals surface area contributed by atoms with Gasteiger partial charge < -0.3 is 9.88 Å². The van der Waals surface area contributed by atoms with Crippen LogP contribution in [0.4, 0.5) is 5.95 Å². The first-order valence-electron chi connectivity index (χ1n) is 11.2. The molecule has 0 saturated carbocycles. The van der Waals surface area contributed by atoms with Gasteiger partial charge in [0, 0.05) is 42.4 Å². The Morgan fingerprint density at radius 2 is 1.76 bits per heavy atom. The fourth-order valence-corrected chi connectivity index (χ4v) is 3.60. The fraction of sp³-hybridized carbons (Fsp3) is 0.269. The van der Waals surface area contributed by atoms with Gasteiger partial charge in [0.15, 0.2) is 0 Å². The maximum atomic E-state index is 13.0. The van der Waals surface area contributed by atoms with E-state index in [-0.39, 0.29) is 23.3 Å². The Kier molecular flexibility index (Phi) is 6.40.